The van der Waals surface area contributed by atoms with Gasteiger partial charge in [-0.05, 0) is 36.5 Å². The highest BCUT2D eigenvalue weighted by Crippen LogP contribution is 2.50. The van der Waals surface area contributed by atoms with Crippen molar-refractivity contribution in [1.29, 1.82) is 0 Å². The molecule has 0 aromatic rings. The van der Waals surface area contributed by atoms with Crippen molar-refractivity contribution < 1.29 is 0 Å². The average Bonchev–Trinajstić information content (AvgIpc) is 2.44. The molecule has 0 aromatic heterocycles. The molecule has 2 fully saturated rings. The van der Waals surface area contributed by atoms with E-state index in [9.17, 15) is 0 Å². The molecular formula is C10H18. The van der Waals surface area contributed by atoms with E-state index in [2.05, 4.69) is 13.8 Å². The van der Waals surface area contributed by atoms with Crippen LogP contribution in [0.15, 0.2) is 0 Å². The fourth-order valence-corrected chi connectivity index (χ4v) is 2.49. The Labute approximate surface area is 64.0 Å². The fourth-order valence-electron chi connectivity index (χ4n) is 2.49. The van der Waals surface area contributed by atoms with Crippen LogP contribution in [0, 0.1) is 17.3 Å². The lowest BCUT2D eigenvalue weighted by Gasteiger charge is -2.43. The van der Waals surface area contributed by atoms with Crippen LogP contribution in [-0.4, -0.2) is 0 Å². The lowest BCUT2D eigenvalue weighted by molar-refractivity contribution is 0.0855. The topological polar surface area (TPSA) is 0 Å². The Morgan fingerprint density at radius 1 is 1.10 bits per heavy atom. The van der Waals surface area contributed by atoms with Crippen LogP contribution in [0.25, 0.3) is 0 Å². The van der Waals surface area contributed by atoms with Crippen molar-refractivity contribution in [2.45, 2.75) is 46.0 Å². The molecule has 0 aliphatic heterocycles. The van der Waals surface area contributed by atoms with Crippen molar-refractivity contribution >= 4 is 0 Å². The maximum absolute atomic E-state index is 2.40. The lowest BCUT2D eigenvalue weighted by atomic mass is 9.63. The first-order chi connectivity index (χ1) is 4.66. The maximum atomic E-state index is 2.40. The van der Waals surface area contributed by atoms with Crippen LogP contribution >= 0.6 is 0 Å². The molecular weight excluding hydrogens is 120 g/mol. The van der Waals surface area contributed by atoms with E-state index in [0.717, 1.165) is 11.8 Å². The second-order valence-corrected chi connectivity index (χ2v) is 5.12. The quantitative estimate of drug-likeness (QED) is 0.549. The minimum absolute atomic E-state index is 0.708. The van der Waals surface area contributed by atoms with Gasteiger partial charge in [-0.1, -0.05) is 26.7 Å². The van der Waals surface area contributed by atoms with Gasteiger partial charge in [-0.25, -0.2) is 0 Å². The van der Waals surface area contributed by atoms with Gasteiger partial charge < -0.3 is 0 Å². The zero-order valence-corrected chi connectivity index (χ0v) is 7.19. The maximum Gasteiger partial charge on any atom is -0.0349 e. The van der Waals surface area contributed by atoms with E-state index in [0.29, 0.717) is 5.41 Å². The van der Waals surface area contributed by atoms with E-state index in [4.69, 9.17) is 0 Å². The standard InChI is InChI=1S/C10H18/c1-10(2)6-9(7-10)5-8-3-4-8/h8-9H,3-7H2,1-2H3. The fraction of sp³-hybridized carbons (Fsp3) is 1.00. The summed E-state index contributed by atoms with van der Waals surface area (Å²) in [6.07, 6.45) is 7.64. The van der Waals surface area contributed by atoms with E-state index in [1.807, 2.05) is 0 Å². The summed E-state index contributed by atoms with van der Waals surface area (Å²) in [4.78, 5) is 0. The van der Waals surface area contributed by atoms with Crippen LogP contribution in [0.4, 0.5) is 0 Å². The molecule has 0 unspecified atom stereocenters. The normalized spacial score (nSPS) is 31.8. The Morgan fingerprint density at radius 3 is 2.10 bits per heavy atom. The SMILES string of the molecule is CC1(C)CC(CC2CC2)C1. The van der Waals surface area contributed by atoms with Crippen LogP contribution < -0.4 is 0 Å². The number of rotatable bonds is 2. The van der Waals surface area contributed by atoms with E-state index in [1.165, 1.54) is 25.7 Å². The Kier molecular flexibility index (Phi) is 1.33. The van der Waals surface area contributed by atoms with Crippen molar-refractivity contribution in [1.82, 2.24) is 0 Å². The predicted octanol–water partition coefficient (Wildman–Crippen LogP) is 3.22. The summed E-state index contributed by atoms with van der Waals surface area (Å²) >= 11 is 0. The predicted molar refractivity (Wildman–Crippen MR) is 43.8 cm³/mol. The van der Waals surface area contributed by atoms with Gasteiger partial charge in [-0.15, -0.1) is 0 Å². The average molecular weight is 138 g/mol. The van der Waals surface area contributed by atoms with E-state index < -0.39 is 0 Å². The van der Waals surface area contributed by atoms with Crippen molar-refractivity contribution in [2.24, 2.45) is 17.3 Å². The van der Waals surface area contributed by atoms with Gasteiger partial charge in [0.1, 0.15) is 0 Å². The molecule has 0 radical (unpaired) electrons. The largest absolute Gasteiger partial charge is 0.0599 e. The summed E-state index contributed by atoms with van der Waals surface area (Å²) in [6, 6.07) is 0. The van der Waals surface area contributed by atoms with E-state index >= 15 is 0 Å². The molecule has 0 N–H and O–H groups in total. The van der Waals surface area contributed by atoms with Gasteiger partial charge in [0.25, 0.3) is 0 Å². The zero-order chi connectivity index (χ0) is 7.19. The summed E-state index contributed by atoms with van der Waals surface area (Å²) in [6.45, 7) is 4.80. The summed E-state index contributed by atoms with van der Waals surface area (Å²) in [5.74, 6) is 2.27. The Balaban J connectivity index is 1.69. The van der Waals surface area contributed by atoms with Crippen LogP contribution in [0.2, 0.25) is 0 Å². The molecule has 0 atom stereocenters. The smallest absolute Gasteiger partial charge is 0.0349 e. The second kappa shape index (κ2) is 1.99. The zero-order valence-electron chi connectivity index (χ0n) is 7.19. The molecule has 10 heavy (non-hydrogen) atoms. The van der Waals surface area contributed by atoms with Gasteiger partial charge in [0.2, 0.25) is 0 Å². The first-order valence-electron chi connectivity index (χ1n) is 4.66. The van der Waals surface area contributed by atoms with Crippen LogP contribution in [0.5, 0.6) is 0 Å². The molecule has 0 heterocycles. The Bertz CT molecular complexity index is 120. The van der Waals surface area contributed by atoms with Gasteiger partial charge in [-0.3, -0.25) is 0 Å². The first kappa shape index (κ1) is 6.69. The third kappa shape index (κ3) is 1.36. The molecule has 58 valence electrons. The molecule has 0 nitrogen and oxygen atoms in total. The Morgan fingerprint density at radius 2 is 1.70 bits per heavy atom. The van der Waals surface area contributed by atoms with Gasteiger partial charge in [0.15, 0.2) is 0 Å². The molecule has 0 bridgehead atoms. The lowest BCUT2D eigenvalue weighted by Crippen LogP contribution is -2.31. The minimum Gasteiger partial charge on any atom is -0.0599 e. The second-order valence-electron chi connectivity index (χ2n) is 5.12. The molecule has 0 heteroatoms. The molecule has 0 amide bonds. The molecule has 2 rings (SSSR count). The van der Waals surface area contributed by atoms with E-state index in [1.54, 1.807) is 6.42 Å². The molecule has 2 saturated carbocycles. The van der Waals surface area contributed by atoms with Crippen LogP contribution in [-0.2, 0) is 0 Å². The van der Waals surface area contributed by atoms with Crippen molar-refractivity contribution in [2.75, 3.05) is 0 Å². The minimum atomic E-state index is 0.708. The van der Waals surface area contributed by atoms with Crippen molar-refractivity contribution in [3.05, 3.63) is 0 Å². The summed E-state index contributed by atoms with van der Waals surface area (Å²) in [7, 11) is 0. The summed E-state index contributed by atoms with van der Waals surface area (Å²) in [5.41, 5.74) is 0.708. The third-order valence-electron chi connectivity index (χ3n) is 3.05. The number of hydrogen-bond donors (Lipinski definition) is 0. The summed E-state index contributed by atoms with van der Waals surface area (Å²) < 4.78 is 0. The highest BCUT2D eigenvalue weighted by molar-refractivity contribution is 4.89. The first-order valence-corrected chi connectivity index (χ1v) is 4.66. The highest BCUT2D eigenvalue weighted by atomic mass is 14.4. The molecule has 0 spiro atoms. The van der Waals surface area contributed by atoms with Crippen LogP contribution in [0.1, 0.15) is 46.0 Å². The van der Waals surface area contributed by atoms with Crippen molar-refractivity contribution in [3.8, 4) is 0 Å². The molecule has 0 saturated heterocycles. The summed E-state index contributed by atoms with van der Waals surface area (Å²) in [5, 5.41) is 0. The van der Waals surface area contributed by atoms with E-state index in [-0.39, 0.29) is 0 Å². The third-order valence-corrected chi connectivity index (χ3v) is 3.05. The van der Waals surface area contributed by atoms with Crippen molar-refractivity contribution in [3.63, 3.8) is 0 Å². The van der Waals surface area contributed by atoms with Gasteiger partial charge in [0, 0.05) is 0 Å². The van der Waals surface area contributed by atoms with Gasteiger partial charge in [0.05, 0.1) is 0 Å². The molecule has 2 aliphatic carbocycles. The number of hydrogen-bond acceptors (Lipinski definition) is 0. The molecule has 2 aliphatic rings. The monoisotopic (exact) mass is 138 g/mol. The van der Waals surface area contributed by atoms with Crippen LogP contribution in [0.3, 0.4) is 0 Å². The van der Waals surface area contributed by atoms with Gasteiger partial charge in [-0.2, -0.15) is 0 Å². The highest BCUT2D eigenvalue weighted by Gasteiger charge is 2.38. The Hall–Kier alpha value is 0. The molecule has 0 aromatic carbocycles. The van der Waals surface area contributed by atoms with Gasteiger partial charge >= 0.3 is 0 Å².